The Hall–Kier alpha value is -2.39. The topological polar surface area (TPSA) is 119 Å². The molecule has 0 unspecified atom stereocenters. The van der Waals surface area contributed by atoms with E-state index in [0.29, 0.717) is 24.3 Å². The van der Waals surface area contributed by atoms with Gasteiger partial charge in [-0.25, -0.2) is 0 Å². The first-order valence-corrected chi connectivity index (χ1v) is 8.48. The molecule has 0 fully saturated rings. The van der Waals surface area contributed by atoms with Crippen LogP contribution < -0.4 is 10.5 Å². The lowest BCUT2D eigenvalue weighted by molar-refractivity contribution is 0.285. The first-order valence-electron chi connectivity index (χ1n) is 7.66. The van der Waals surface area contributed by atoms with E-state index in [-0.39, 0.29) is 24.4 Å². The van der Waals surface area contributed by atoms with Gasteiger partial charge in [-0.05, 0) is 18.6 Å². The van der Waals surface area contributed by atoms with Crippen molar-refractivity contribution in [2.45, 2.75) is 32.9 Å². The van der Waals surface area contributed by atoms with Crippen LogP contribution >= 0.6 is 11.3 Å². The van der Waals surface area contributed by atoms with Crippen molar-refractivity contribution >= 4 is 28.3 Å². The molecule has 0 saturated heterocycles. The Morgan fingerprint density at radius 1 is 1.25 bits per heavy atom. The second kappa shape index (κ2) is 7.02. The highest BCUT2D eigenvalue weighted by Crippen LogP contribution is 2.27. The number of ether oxygens (including phenoxy) is 1. The third-order valence-electron chi connectivity index (χ3n) is 3.50. The fraction of sp³-hybridized carbons (Fsp3) is 0.400. The summed E-state index contributed by atoms with van der Waals surface area (Å²) in [5.74, 6) is 0.169. The molecule has 0 spiro atoms. The summed E-state index contributed by atoms with van der Waals surface area (Å²) in [6, 6.07) is 3.73. The molecule has 0 aliphatic rings. The van der Waals surface area contributed by atoms with Gasteiger partial charge in [-0.2, -0.15) is 15.0 Å². The smallest absolute Gasteiger partial charge is 0.320 e. The summed E-state index contributed by atoms with van der Waals surface area (Å²) in [7, 11) is 0. The minimum absolute atomic E-state index is 0.00808. The van der Waals surface area contributed by atoms with Crippen LogP contribution in [-0.4, -0.2) is 36.3 Å². The molecule has 4 N–H and O–H groups in total. The zero-order valence-corrected chi connectivity index (χ0v) is 14.1. The normalized spacial score (nSPS) is 11.2. The number of aromatic nitrogens is 4. The van der Waals surface area contributed by atoms with Gasteiger partial charge in [0.15, 0.2) is 17.0 Å². The summed E-state index contributed by atoms with van der Waals surface area (Å²) in [4.78, 5) is 14.3. The first kappa shape index (κ1) is 16.5. The number of thiophene rings is 1. The van der Waals surface area contributed by atoms with Crippen molar-refractivity contribution in [2.75, 3.05) is 12.3 Å². The van der Waals surface area contributed by atoms with Gasteiger partial charge in [-0.1, -0.05) is 13.3 Å². The molecule has 0 aromatic carbocycles. The lowest BCUT2D eigenvalue weighted by Crippen LogP contribution is -2.05. The number of anilines is 1. The zero-order valence-electron chi connectivity index (χ0n) is 13.3. The predicted octanol–water partition coefficient (Wildman–Crippen LogP) is 1.90. The van der Waals surface area contributed by atoms with E-state index in [0.717, 1.165) is 22.6 Å². The number of aliphatic hydroxyl groups is 1. The fourth-order valence-electron chi connectivity index (χ4n) is 2.26. The van der Waals surface area contributed by atoms with Gasteiger partial charge in [0.25, 0.3) is 6.01 Å². The number of nitrogens with zero attached hydrogens (tertiary/aromatic N) is 4. The van der Waals surface area contributed by atoms with Crippen molar-refractivity contribution in [3.8, 4) is 12.0 Å². The van der Waals surface area contributed by atoms with Crippen molar-refractivity contribution < 1.29 is 14.9 Å². The number of hydrogen-bond donors (Lipinski definition) is 3. The van der Waals surface area contributed by atoms with Crippen molar-refractivity contribution in [3.05, 3.63) is 21.9 Å². The quantitative estimate of drug-likeness (QED) is 0.557. The average Bonchev–Trinajstić information content (AvgIpc) is 3.14. The molecule has 8 nitrogen and oxygen atoms in total. The van der Waals surface area contributed by atoms with Crippen molar-refractivity contribution in [1.29, 1.82) is 0 Å². The Morgan fingerprint density at radius 2 is 2.04 bits per heavy atom. The predicted molar refractivity (Wildman–Crippen MR) is 91.1 cm³/mol. The Kier molecular flexibility index (Phi) is 4.81. The van der Waals surface area contributed by atoms with E-state index < -0.39 is 0 Å². The molecule has 0 amide bonds. The molecule has 0 aliphatic heterocycles. The summed E-state index contributed by atoms with van der Waals surface area (Å²) in [5.41, 5.74) is 6.68. The third-order valence-corrected chi connectivity index (χ3v) is 4.55. The molecule has 0 aliphatic carbocycles. The molecule has 3 heterocycles. The Balaban J connectivity index is 1.95. The van der Waals surface area contributed by atoms with E-state index in [9.17, 15) is 5.11 Å². The minimum Gasteiger partial charge on any atom is -0.480 e. The van der Waals surface area contributed by atoms with E-state index >= 15 is 0 Å². The second-order valence-electron chi connectivity index (χ2n) is 5.29. The fourth-order valence-corrected chi connectivity index (χ4v) is 3.12. The van der Waals surface area contributed by atoms with E-state index in [1.54, 1.807) is 4.57 Å². The molecule has 3 aromatic heterocycles. The second-order valence-corrected chi connectivity index (χ2v) is 6.54. The molecule has 3 aromatic rings. The number of unbranched alkanes of at least 4 members (excludes halogenated alkanes) is 1. The highest BCUT2D eigenvalue weighted by atomic mass is 32.1. The highest BCUT2D eigenvalue weighted by molar-refractivity contribution is 7.11. The third kappa shape index (κ3) is 3.26. The molecule has 3 rings (SSSR count). The largest absolute Gasteiger partial charge is 0.480 e. The molecule has 0 radical (unpaired) electrons. The van der Waals surface area contributed by atoms with Gasteiger partial charge in [0.05, 0.1) is 19.8 Å². The Morgan fingerprint density at radius 3 is 2.75 bits per heavy atom. The monoisotopic (exact) mass is 349 g/mol. The van der Waals surface area contributed by atoms with Crippen LogP contribution in [-0.2, 0) is 13.2 Å². The van der Waals surface area contributed by atoms with Gasteiger partial charge in [0.2, 0.25) is 0 Å². The van der Waals surface area contributed by atoms with E-state index in [2.05, 4.69) is 21.9 Å². The summed E-state index contributed by atoms with van der Waals surface area (Å²) in [6.07, 6.45) is 1.90. The van der Waals surface area contributed by atoms with Crippen LogP contribution in [0.15, 0.2) is 12.1 Å². The lowest BCUT2D eigenvalue weighted by atomic mass is 10.4. The van der Waals surface area contributed by atoms with Crippen LogP contribution in [0.25, 0.3) is 11.2 Å². The zero-order chi connectivity index (χ0) is 17.1. The highest BCUT2D eigenvalue weighted by Gasteiger charge is 2.17. The SMILES string of the molecule is CCCCOc1nc(N)c2nc(O)n(Cc3ccc(CO)s3)c2n1. The number of imidazole rings is 1. The molecule has 9 heteroatoms. The summed E-state index contributed by atoms with van der Waals surface area (Å²) < 4.78 is 7.06. The lowest BCUT2D eigenvalue weighted by Gasteiger charge is -2.06. The van der Waals surface area contributed by atoms with E-state index in [1.165, 1.54) is 11.3 Å². The molecule has 128 valence electrons. The first-order chi connectivity index (χ1) is 11.6. The van der Waals surface area contributed by atoms with Crippen molar-refractivity contribution in [3.63, 3.8) is 0 Å². The number of aliphatic hydroxyl groups excluding tert-OH is 1. The van der Waals surface area contributed by atoms with Crippen LogP contribution in [0.4, 0.5) is 5.82 Å². The van der Waals surface area contributed by atoms with Crippen molar-refractivity contribution in [1.82, 2.24) is 19.5 Å². The van der Waals surface area contributed by atoms with Gasteiger partial charge >= 0.3 is 6.01 Å². The van der Waals surface area contributed by atoms with E-state index in [1.807, 2.05) is 12.1 Å². The number of nitrogens with two attached hydrogens (primary N) is 1. The van der Waals surface area contributed by atoms with Crippen molar-refractivity contribution in [2.24, 2.45) is 0 Å². The standard InChI is InChI=1S/C15H19N5O3S/c1-2-3-6-23-14-18-12(16)11-13(19-14)20(15(22)17-11)7-9-4-5-10(8-21)24-9/h4-5,21H,2-3,6-8H2,1H3,(H,17,22)(H2,16,18,19). The molecule has 0 bridgehead atoms. The number of aromatic hydroxyl groups is 1. The number of rotatable bonds is 7. The summed E-state index contributed by atoms with van der Waals surface area (Å²) >= 11 is 1.46. The Bertz CT molecular complexity index is 845. The van der Waals surface area contributed by atoms with Gasteiger partial charge in [-0.3, -0.25) is 4.57 Å². The maximum Gasteiger partial charge on any atom is 0.320 e. The molecule has 0 saturated carbocycles. The molecule has 0 atom stereocenters. The van der Waals surface area contributed by atoms with Crippen LogP contribution in [0.2, 0.25) is 0 Å². The minimum atomic E-state index is -0.185. The van der Waals surface area contributed by atoms with Gasteiger partial charge < -0.3 is 20.7 Å². The Labute approximate surface area is 142 Å². The van der Waals surface area contributed by atoms with Gasteiger partial charge in [0.1, 0.15) is 0 Å². The molecular formula is C15H19N5O3S. The average molecular weight is 349 g/mol. The van der Waals surface area contributed by atoms with Gasteiger partial charge in [0, 0.05) is 9.75 Å². The van der Waals surface area contributed by atoms with E-state index in [4.69, 9.17) is 15.6 Å². The molecular weight excluding hydrogens is 330 g/mol. The number of nitrogen functional groups attached to an aromatic ring is 1. The van der Waals surface area contributed by atoms with Crippen LogP contribution in [0.5, 0.6) is 12.0 Å². The summed E-state index contributed by atoms with van der Waals surface area (Å²) in [6.45, 7) is 2.94. The number of hydrogen-bond acceptors (Lipinski definition) is 8. The van der Waals surface area contributed by atoms with Crippen LogP contribution in [0, 0.1) is 0 Å². The number of fused-ring (bicyclic) bond motifs is 1. The van der Waals surface area contributed by atoms with Crippen LogP contribution in [0.3, 0.4) is 0 Å². The molecule has 24 heavy (non-hydrogen) atoms. The summed E-state index contributed by atoms with van der Waals surface area (Å²) in [5, 5.41) is 19.3. The van der Waals surface area contributed by atoms with Crippen LogP contribution in [0.1, 0.15) is 29.5 Å². The maximum absolute atomic E-state index is 10.1. The van der Waals surface area contributed by atoms with Gasteiger partial charge in [-0.15, -0.1) is 11.3 Å². The maximum atomic E-state index is 10.1.